The molecule has 0 amide bonds. The molecule has 10 nitrogen and oxygen atoms in total. The Morgan fingerprint density at radius 2 is 0.552 bits per heavy atom. The Bertz CT molecular complexity index is 2370. The smallest absolute Gasteiger partial charge is 0.130 e. The van der Waals surface area contributed by atoms with E-state index in [9.17, 15) is 0 Å². The molecule has 0 saturated carbocycles. The summed E-state index contributed by atoms with van der Waals surface area (Å²) in [5.74, 6) is 2.65. The predicted molar refractivity (Wildman–Crippen MR) is 227 cm³/mol. The minimum absolute atomic E-state index is 0.269. The molecule has 0 unspecified atom stereocenters. The molecule has 2 aliphatic rings. The number of pyridine rings is 2. The molecular weight excluding hydrogens is 725 g/mol. The minimum atomic E-state index is 0.269. The Kier molecular flexibility index (Phi) is 10.5. The van der Waals surface area contributed by atoms with E-state index in [1.165, 1.54) is 0 Å². The highest BCUT2D eigenvalue weighted by molar-refractivity contribution is 5.95. The summed E-state index contributed by atoms with van der Waals surface area (Å²) in [6.07, 6.45) is 7.11. The number of hydrogen-bond acceptors (Lipinski definition) is 10. The molecule has 9 rings (SSSR count). The van der Waals surface area contributed by atoms with E-state index < -0.39 is 0 Å². The van der Waals surface area contributed by atoms with Crippen LogP contribution < -0.4 is 18.9 Å². The molecule has 0 aliphatic carbocycles. The molecule has 0 N–H and O–H groups in total. The molecule has 58 heavy (non-hydrogen) atoms. The van der Waals surface area contributed by atoms with Crippen LogP contribution in [0.25, 0.3) is 0 Å². The third kappa shape index (κ3) is 8.56. The first kappa shape index (κ1) is 35.9. The lowest BCUT2D eigenvalue weighted by Gasteiger charge is -2.13. The van der Waals surface area contributed by atoms with Gasteiger partial charge in [0.05, 0.1) is 45.5 Å². The first-order valence-corrected chi connectivity index (χ1v) is 18.8. The van der Waals surface area contributed by atoms with Gasteiger partial charge in [-0.3, -0.25) is 29.9 Å². The Labute approximate surface area is 335 Å². The molecule has 0 radical (unpaired) electrons. The maximum absolute atomic E-state index is 6.31. The molecule has 10 heteroatoms. The van der Waals surface area contributed by atoms with Crippen molar-refractivity contribution >= 4 is 47.6 Å². The average molecular weight is 761 g/mol. The van der Waals surface area contributed by atoms with E-state index in [0.717, 1.165) is 45.0 Å². The van der Waals surface area contributed by atoms with E-state index in [-0.39, 0.29) is 26.4 Å². The standard InChI is InChI=1S/C48H36N6O4/c1-5-19-45-33(11-1)25-49-41-23-43(51-27-35-13-3-7-21-47(35)56-30-38-16-9-15-37(53-38)29-55-45)44-24-42(41)50-26-34-12-2-6-20-46(34)57-31-39-17-10-18-40(54-39)32-58-48-22-8-4-14-36(48)28-52-44/h1-28H,29-32H2. The van der Waals surface area contributed by atoms with Gasteiger partial charge in [-0.2, -0.15) is 0 Å². The van der Waals surface area contributed by atoms with Crippen molar-refractivity contribution in [2.75, 3.05) is 0 Å². The van der Waals surface area contributed by atoms with Crippen molar-refractivity contribution < 1.29 is 18.9 Å². The van der Waals surface area contributed by atoms with Gasteiger partial charge < -0.3 is 18.9 Å². The second kappa shape index (κ2) is 17.0. The summed E-state index contributed by atoms with van der Waals surface area (Å²) in [5.41, 5.74) is 8.52. The molecule has 2 aromatic heterocycles. The summed E-state index contributed by atoms with van der Waals surface area (Å²) in [6.45, 7) is 1.08. The molecule has 0 spiro atoms. The lowest BCUT2D eigenvalue weighted by atomic mass is 10.1. The number of aromatic nitrogens is 2. The monoisotopic (exact) mass is 760 g/mol. The number of para-hydroxylation sites is 4. The van der Waals surface area contributed by atoms with Crippen LogP contribution in [0.3, 0.4) is 0 Å². The molecule has 0 saturated heterocycles. The summed E-state index contributed by atoms with van der Waals surface area (Å²) in [4.78, 5) is 29.6. The Morgan fingerprint density at radius 1 is 0.293 bits per heavy atom. The van der Waals surface area contributed by atoms with Gasteiger partial charge >= 0.3 is 0 Å². The summed E-state index contributed by atoms with van der Waals surface area (Å²) >= 11 is 0. The Morgan fingerprint density at radius 3 is 0.828 bits per heavy atom. The van der Waals surface area contributed by atoms with Crippen molar-refractivity contribution in [3.8, 4) is 23.0 Å². The highest BCUT2D eigenvalue weighted by atomic mass is 16.5. The van der Waals surface area contributed by atoms with E-state index in [4.69, 9.17) is 48.9 Å². The molecule has 5 aromatic carbocycles. The fourth-order valence-electron chi connectivity index (χ4n) is 6.39. The maximum atomic E-state index is 6.31. The zero-order chi connectivity index (χ0) is 38.9. The van der Waals surface area contributed by atoms with Crippen molar-refractivity contribution in [1.82, 2.24) is 9.97 Å². The second-order valence-electron chi connectivity index (χ2n) is 13.4. The third-order valence-corrected chi connectivity index (χ3v) is 9.35. The molecule has 2 aliphatic heterocycles. The van der Waals surface area contributed by atoms with Crippen LogP contribution in [0, 0.1) is 0 Å². The van der Waals surface area contributed by atoms with Crippen LogP contribution in [0.1, 0.15) is 45.0 Å². The van der Waals surface area contributed by atoms with E-state index >= 15 is 0 Å². The van der Waals surface area contributed by atoms with Gasteiger partial charge in [0, 0.05) is 47.1 Å². The fraction of sp³-hybridized carbons (Fsp3) is 0.0833. The van der Waals surface area contributed by atoms with Gasteiger partial charge in [-0.15, -0.1) is 0 Å². The van der Waals surface area contributed by atoms with Crippen LogP contribution in [-0.4, -0.2) is 34.8 Å². The van der Waals surface area contributed by atoms with Crippen molar-refractivity contribution in [3.05, 3.63) is 191 Å². The zero-order valence-corrected chi connectivity index (χ0v) is 31.3. The molecule has 282 valence electrons. The lowest BCUT2D eigenvalue weighted by Crippen LogP contribution is -2.05. The molecule has 8 bridgehead atoms. The predicted octanol–water partition coefficient (Wildman–Crippen LogP) is 10.4. The van der Waals surface area contributed by atoms with Crippen LogP contribution in [0.4, 0.5) is 22.7 Å². The van der Waals surface area contributed by atoms with Gasteiger partial charge in [0.2, 0.25) is 0 Å². The van der Waals surface area contributed by atoms with Crippen molar-refractivity contribution in [1.29, 1.82) is 0 Å². The number of benzene rings is 5. The van der Waals surface area contributed by atoms with Crippen LogP contribution in [0.2, 0.25) is 0 Å². The van der Waals surface area contributed by atoms with Crippen LogP contribution >= 0.6 is 0 Å². The average Bonchev–Trinajstić information content (AvgIpc) is 3.27. The maximum Gasteiger partial charge on any atom is 0.130 e. The first-order chi connectivity index (χ1) is 28.7. The first-order valence-electron chi connectivity index (χ1n) is 18.8. The van der Waals surface area contributed by atoms with E-state index in [2.05, 4.69) is 0 Å². The number of aliphatic imine (C=N–C) groups is 4. The minimum Gasteiger partial charge on any atom is -0.487 e. The van der Waals surface area contributed by atoms with Gasteiger partial charge in [-0.25, -0.2) is 0 Å². The highest BCUT2D eigenvalue weighted by Crippen LogP contribution is 2.41. The summed E-state index contributed by atoms with van der Waals surface area (Å²) < 4.78 is 25.2. The fourth-order valence-corrected chi connectivity index (χ4v) is 6.39. The van der Waals surface area contributed by atoms with Crippen LogP contribution in [0.15, 0.2) is 166 Å². The topological polar surface area (TPSA) is 112 Å². The van der Waals surface area contributed by atoms with Gasteiger partial charge in [-0.05, 0) is 84.9 Å². The summed E-state index contributed by atoms with van der Waals surface area (Å²) in [6, 6.07) is 46.5. The van der Waals surface area contributed by atoms with Crippen molar-refractivity contribution in [3.63, 3.8) is 0 Å². The number of nitrogens with zero attached hydrogens (tertiary/aromatic N) is 6. The Hall–Kier alpha value is -7.72. The third-order valence-electron chi connectivity index (χ3n) is 9.35. The van der Waals surface area contributed by atoms with Gasteiger partial charge in [0.25, 0.3) is 0 Å². The number of ether oxygens (including phenoxy) is 4. The quantitative estimate of drug-likeness (QED) is 0.152. The molecule has 7 aromatic rings. The molecular formula is C48H36N6O4. The number of rotatable bonds is 0. The lowest BCUT2D eigenvalue weighted by molar-refractivity contribution is 0.289. The SMILES string of the molecule is C1=Nc2cc(c3cc2N=Cc2ccccc2OCc2cccc(n2)COc2ccccc2C=N3)N=Cc2ccccc2OCc2cccc(n2)COc2ccccc21. The van der Waals surface area contributed by atoms with Crippen molar-refractivity contribution in [2.45, 2.75) is 26.4 Å². The summed E-state index contributed by atoms with van der Waals surface area (Å²) in [5, 5.41) is 0. The zero-order valence-electron chi connectivity index (χ0n) is 31.3. The summed E-state index contributed by atoms with van der Waals surface area (Å²) in [7, 11) is 0. The largest absolute Gasteiger partial charge is 0.487 e. The van der Waals surface area contributed by atoms with Gasteiger partial charge in [-0.1, -0.05) is 60.7 Å². The van der Waals surface area contributed by atoms with Crippen molar-refractivity contribution in [2.24, 2.45) is 20.0 Å². The second-order valence-corrected chi connectivity index (χ2v) is 13.4. The molecule has 0 atom stereocenters. The van der Waals surface area contributed by atoms with Crippen LogP contribution in [0.5, 0.6) is 23.0 Å². The van der Waals surface area contributed by atoms with E-state index in [1.54, 1.807) is 24.9 Å². The Balaban J connectivity index is 1.21. The number of fused-ring (bicyclic) bond motifs is 14. The highest BCUT2D eigenvalue weighted by Gasteiger charge is 2.13. The normalized spacial score (nSPS) is 13.5. The molecule has 0 fully saturated rings. The van der Waals surface area contributed by atoms with Gasteiger partial charge in [0.1, 0.15) is 49.4 Å². The van der Waals surface area contributed by atoms with E-state index in [1.807, 2.05) is 146 Å². The van der Waals surface area contributed by atoms with E-state index in [0.29, 0.717) is 45.7 Å². The molecule has 4 heterocycles. The van der Waals surface area contributed by atoms with Gasteiger partial charge in [0.15, 0.2) is 0 Å². The number of hydrogen-bond donors (Lipinski definition) is 0. The van der Waals surface area contributed by atoms with Crippen LogP contribution in [-0.2, 0) is 26.4 Å².